The summed E-state index contributed by atoms with van der Waals surface area (Å²) < 4.78 is 38.7. The van der Waals surface area contributed by atoms with Gasteiger partial charge in [-0.05, 0) is 25.0 Å². The molecule has 0 radical (unpaired) electrons. The molecule has 2 aliphatic rings. The van der Waals surface area contributed by atoms with Crippen LogP contribution in [0, 0.1) is 0 Å². The van der Waals surface area contributed by atoms with E-state index in [0.29, 0.717) is 6.61 Å². The molecule has 2 heterocycles. The van der Waals surface area contributed by atoms with Gasteiger partial charge >= 0.3 is 0 Å². The van der Waals surface area contributed by atoms with Crippen LogP contribution in [0.25, 0.3) is 0 Å². The molecule has 5 nitrogen and oxygen atoms in total. The SMILES string of the molecule is [2H][C@@]1(OCc2ccccc2)[C@@H](COCc2ccccc2)O[C@@H]2OC(C)(C)O[C@@H]21. The lowest BCUT2D eigenvalue weighted by Gasteiger charge is -2.26. The van der Waals surface area contributed by atoms with Crippen LogP contribution in [0.15, 0.2) is 60.7 Å². The number of ether oxygens (including phenoxy) is 5. The molecule has 0 amide bonds. The van der Waals surface area contributed by atoms with Crippen molar-refractivity contribution in [2.45, 2.75) is 57.4 Å². The summed E-state index contributed by atoms with van der Waals surface area (Å²) in [6.45, 7) is 4.57. The third-order valence-corrected chi connectivity index (χ3v) is 4.58. The maximum Gasteiger partial charge on any atom is 0.190 e. The van der Waals surface area contributed by atoms with Gasteiger partial charge in [0.1, 0.15) is 18.3 Å². The van der Waals surface area contributed by atoms with Crippen molar-refractivity contribution >= 4 is 0 Å². The number of fused-ring (bicyclic) bond motifs is 1. The van der Waals surface area contributed by atoms with Crippen LogP contribution in [0.5, 0.6) is 0 Å². The van der Waals surface area contributed by atoms with Gasteiger partial charge in [0.05, 0.1) is 21.2 Å². The summed E-state index contributed by atoms with van der Waals surface area (Å²) in [7, 11) is 0. The Hall–Kier alpha value is -1.76. The topological polar surface area (TPSA) is 46.2 Å². The fraction of sp³-hybridized carbons (Fsp3) is 0.455. The van der Waals surface area contributed by atoms with Gasteiger partial charge in [-0.3, -0.25) is 0 Å². The predicted molar refractivity (Wildman–Crippen MR) is 99.8 cm³/mol. The molecule has 2 saturated heterocycles. The van der Waals surface area contributed by atoms with E-state index in [4.69, 9.17) is 25.1 Å². The van der Waals surface area contributed by atoms with Crippen molar-refractivity contribution in [3.63, 3.8) is 0 Å². The minimum Gasteiger partial charge on any atom is -0.374 e. The minimum atomic E-state index is -1.43. The molecule has 2 aromatic rings. The highest BCUT2D eigenvalue weighted by atomic mass is 16.8. The lowest BCUT2D eigenvalue weighted by Crippen LogP contribution is -2.38. The monoisotopic (exact) mass is 371 g/mol. The second-order valence-corrected chi connectivity index (χ2v) is 7.23. The second kappa shape index (κ2) is 8.09. The maximum absolute atomic E-state index is 9.04. The first-order valence-electron chi connectivity index (χ1n) is 9.77. The first-order chi connectivity index (χ1) is 13.5. The summed E-state index contributed by atoms with van der Waals surface area (Å²) in [6, 6.07) is 19.7. The van der Waals surface area contributed by atoms with Crippen molar-refractivity contribution in [1.29, 1.82) is 0 Å². The van der Waals surface area contributed by atoms with Crippen LogP contribution in [0.4, 0.5) is 0 Å². The molecule has 144 valence electrons. The zero-order valence-electron chi connectivity index (χ0n) is 16.7. The highest BCUT2D eigenvalue weighted by Gasteiger charge is 2.55. The second-order valence-electron chi connectivity index (χ2n) is 7.23. The van der Waals surface area contributed by atoms with E-state index >= 15 is 0 Å². The third kappa shape index (κ3) is 4.57. The Balaban J connectivity index is 1.44. The molecule has 0 saturated carbocycles. The standard InChI is InChI=1S/C22H26O5/c1-22(2)26-20-19(24-14-17-11-7-4-8-12-17)18(25-21(20)27-22)15-23-13-16-9-5-3-6-10-16/h3-12,18-21H,13-15H2,1-2H3/t18-,19-,20-,21-/m1/s1/i19D. The van der Waals surface area contributed by atoms with E-state index in [2.05, 4.69) is 0 Å². The van der Waals surface area contributed by atoms with E-state index in [0.717, 1.165) is 11.1 Å². The Bertz CT molecular complexity index is 769. The quantitative estimate of drug-likeness (QED) is 0.743. The van der Waals surface area contributed by atoms with Gasteiger partial charge in [-0.2, -0.15) is 0 Å². The molecule has 2 aliphatic heterocycles. The van der Waals surface area contributed by atoms with Crippen LogP contribution in [-0.4, -0.2) is 37.0 Å². The van der Waals surface area contributed by atoms with Gasteiger partial charge in [-0.25, -0.2) is 0 Å². The van der Waals surface area contributed by atoms with E-state index in [1.54, 1.807) is 0 Å². The first-order valence-corrected chi connectivity index (χ1v) is 9.27. The van der Waals surface area contributed by atoms with Gasteiger partial charge in [0, 0.05) is 0 Å². The fourth-order valence-corrected chi connectivity index (χ4v) is 3.33. The smallest absolute Gasteiger partial charge is 0.190 e. The lowest BCUT2D eigenvalue weighted by atomic mass is 10.1. The summed E-state index contributed by atoms with van der Waals surface area (Å²) in [5.74, 6) is -0.812. The molecule has 2 aromatic carbocycles. The number of hydrogen-bond donors (Lipinski definition) is 0. The first kappa shape index (κ1) is 17.3. The van der Waals surface area contributed by atoms with Gasteiger partial charge in [-0.15, -0.1) is 0 Å². The number of hydrogen-bond acceptors (Lipinski definition) is 5. The molecule has 5 heteroatoms. The highest BCUT2D eigenvalue weighted by Crippen LogP contribution is 2.39. The Morgan fingerprint density at radius 2 is 1.56 bits per heavy atom. The van der Waals surface area contributed by atoms with Crippen molar-refractivity contribution in [3.8, 4) is 0 Å². The average molecular weight is 371 g/mol. The third-order valence-electron chi connectivity index (χ3n) is 4.58. The molecule has 2 fully saturated rings. The van der Waals surface area contributed by atoms with Crippen LogP contribution in [0.2, 0.25) is 0 Å². The lowest BCUT2D eigenvalue weighted by molar-refractivity contribution is -0.225. The van der Waals surface area contributed by atoms with Crippen LogP contribution >= 0.6 is 0 Å². The van der Waals surface area contributed by atoms with Crippen LogP contribution in [-0.2, 0) is 36.9 Å². The van der Waals surface area contributed by atoms with E-state index in [1.165, 1.54) is 0 Å². The van der Waals surface area contributed by atoms with E-state index < -0.39 is 30.4 Å². The Morgan fingerprint density at radius 1 is 0.926 bits per heavy atom. The number of rotatable bonds is 7. The van der Waals surface area contributed by atoms with E-state index in [9.17, 15) is 0 Å². The molecule has 0 spiro atoms. The average Bonchev–Trinajstić information content (AvgIpc) is 3.13. The summed E-state index contributed by atoms with van der Waals surface area (Å²) in [5.41, 5.74) is 2.05. The van der Waals surface area contributed by atoms with Crippen molar-refractivity contribution in [1.82, 2.24) is 0 Å². The molecule has 0 N–H and O–H groups in total. The van der Waals surface area contributed by atoms with Crippen molar-refractivity contribution < 1.29 is 25.1 Å². The van der Waals surface area contributed by atoms with E-state index in [1.807, 2.05) is 74.5 Å². The summed E-state index contributed by atoms with van der Waals surface area (Å²) in [6.07, 6.45) is -3.33. The van der Waals surface area contributed by atoms with Gasteiger partial charge in [0.25, 0.3) is 0 Å². The Morgan fingerprint density at radius 3 is 2.22 bits per heavy atom. The molecular weight excluding hydrogens is 344 g/mol. The van der Waals surface area contributed by atoms with Crippen molar-refractivity contribution in [2.24, 2.45) is 0 Å². The molecule has 0 unspecified atom stereocenters. The largest absolute Gasteiger partial charge is 0.374 e. The Kier molecular flexibility index (Phi) is 5.19. The molecular formula is C22H26O5. The van der Waals surface area contributed by atoms with Crippen LogP contribution in [0.3, 0.4) is 0 Å². The van der Waals surface area contributed by atoms with E-state index in [-0.39, 0.29) is 13.2 Å². The van der Waals surface area contributed by atoms with Crippen LogP contribution in [0.1, 0.15) is 26.3 Å². The molecule has 0 bridgehead atoms. The molecule has 27 heavy (non-hydrogen) atoms. The maximum atomic E-state index is 9.04. The molecule has 0 aromatic heterocycles. The summed E-state index contributed by atoms with van der Waals surface area (Å²) >= 11 is 0. The fourth-order valence-electron chi connectivity index (χ4n) is 3.33. The Labute approximate surface area is 161 Å². The molecule has 0 aliphatic carbocycles. The normalized spacial score (nSPS) is 32.2. The van der Waals surface area contributed by atoms with Crippen molar-refractivity contribution in [2.75, 3.05) is 6.61 Å². The highest BCUT2D eigenvalue weighted by molar-refractivity contribution is 5.14. The van der Waals surface area contributed by atoms with Crippen LogP contribution < -0.4 is 0 Å². The minimum absolute atomic E-state index is 0.216. The number of benzene rings is 2. The molecule has 4 rings (SSSR count). The molecule has 4 atom stereocenters. The predicted octanol–water partition coefficient (Wildman–Crippen LogP) is 3.67. The zero-order valence-corrected chi connectivity index (χ0v) is 15.7. The van der Waals surface area contributed by atoms with Gasteiger partial charge in [0.15, 0.2) is 12.1 Å². The van der Waals surface area contributed by atoms with Crippen molar-refractivity contribution in [3.05, 3.63) is 71.8 Å². The van der Waals surface area contributed by atoms with Gasteiger partial charge in [0.2, 0.25) is 0 Å². The van der Waals surface area contributed by atoms with Gasteiger partial charge in [-0.1, -0.05) is 60.7 Å². The van der Waals surface area contributed by atoms with Gasteiger partial charge < -0.3 is 23.7 Å². The zero-order chi connectivity index (χ0) is 19.6. The summed E-state index contributed by atoms with van der Waals surface area (Å²) in [5, 5.41) is 0. The summed E-state index contributed by atoms with van der Waals surface area (Å²) in [4.78, 5) is 0.